The lowest BCUT2D eigenvalue weighted by Gasteiger charge is -2.42. The van der Waals surface area contributed by atoms with Gasteiger partial charge in [-0.3, -0.25) is 4.79 Å². The molecule has 0 aromatic carbocycles. The fourth-order valence-electron chi connectivity index (χ4n) is 8.34. The predicted octanol–water partition coefficient (Wildman–Crippen LogP) is 8.02. The smallest absolute Gasteiger partial charge is 0.306 e. The fourth-order valence-corrected chi connectivity index (χ4v) is 8.34. The minimum Gasteiger partial charge on any atom is -0.457 e. The van der Waals surface area contributed by atoms with E-state index in [0.29, 0.717) is 13.0 Å². The third-order valence-electron chi connectivity index (χ3n) is 12.7. The lowest BCUT2D eigenvalue weighted by atomic mass is 9.98. The van der Waals surface area contributed by atoms with Crippen molar-refractivity contribution >= 4 is 5.97 Å². The normalized spacial score (nSPS) is 26.4. The second kappa shape index (κ2) is 40.2. The van der Waals surface area contributed by atoms with Gasteiger partial charge in [0, 0.05) is 13.0 Å². The van der Waals surface area contributed by atoms with Crippen LogP contribution in [0.25, 0.3) is 0 Å². The summed E-state index contributed by atoms with van der Waals surface area (Å²) < 4.78 is 34.2. The largest absolute Gasteiger partial charge is 0.457 e. The van der Waals surface area contributed by atoms with E-state index in [1.165, 1.54) is 122 Å². The second-order valence-electron chi connectivity index (χ2n) is 18.7. The number of rotatable bonds is 42. The van der Waals surface area contributed by atoms with Crippen molar-refractivity contribution in [2.24, 2.45) is 0 Å². The van der Waals surface area contributed by atoms with Crippen molar-refractivity contribution in [2.75, 3.05) is 33.0 Å². The van der Waals surface area contributed by atoms with E-state index >= 15 is 0 Å². The molecular formula is C52H96O14. The zero-order valence-electron chi connectivity index (χ0n) is 41.2. The molecule has 2 aliphatic rings. The van der Waals surface area contributed by atoms with Crippen LogP contribution in [0.4, 0.5) is 0 Å². The Kier molecular flexibility index (Phi) is 36.9. The van der Waals surface area contributed by atoms with Gasteiger partial charge in [0.15, 0.2) is 12.6 Å². The van der Waals surface area contributed by atoms with Crippen LogP contribution >= 0.6 is 0 Å². The highest BCUT2D eigenvalue weighted by molar-refractivity contribution is 5.69. The van der Waals surface area contributed by atoms with Gasteiger partial charge in [-0.1, -0.05) is 160 Å². The summed E-state index contributed by atoms with van der Waals surface area (Å²) in [7, 11) is 0. The van der Waals surface area contributed by atoms with E-state index in [2.05, 4.69) is 38.2 Å². The van der Waals surface area contributed by atoms with Crippen molar-refractivity contribution in [3.05, 3.63) is 24.3 Å². The molecule has 0 spiro atoms. The molecule has 0 bridgehead atoms. The number of allylic oxidation sites excluding steroid dienone is 4. The number of hydrogen-bond acceptors (Lipinski definition) is 14. The third-order valence-corrected chi connectivity index (χ3v) is 12.7. The quantitative estimate of drug-likeness (QED) is 0.0175. The summed E-state index contributed by atoms with van der Waals surface area (Å²) in [6.45, 7) is 3.63. The molecular weight excluding hydrogens is 849 g/mol. The first-order valence-electron chi connectivity index (χ1n) is 26.4. The highest BCUT2D eigenvalue weighted by atomic mass is 16.7. The van der Waals surface area contributed by atoms with Crippen LogP contribution in [0.5, 0.6) is 0 Å². The molecule has 66 heavy (non-hydrogen) atoms. The van der Waals surface area contributed by atoms with Crippen molar-refractivity contribution in [3.8, 4) is 0 Å². The van der Waals surface area contributed by atoms with Gasteiger partial charge in [0.2, 0.25) is 0 Å². The molecule has 2 rings (SSSR count). The number of ether oxygens (including phenoxy) is 6. The van der Waals surface area contributed by atoms with E-state index in [1.807, 2.05) is 0 Å². The molecule has 388 valence electrons. The molecule has 0 aromatic heterocycles. The molecule has 0 radical (unpaired) electrons. The van der Waals surface area contributed by atoms with Crippen molar-refractivity contribution in [2.45, 2.75) is 268 Å². The average molecular weight is 945 g/mol. The van der Waals surface area contributed by atoms with E-state index in [9.17, 15) is 40.5 Å². The average Bonchev–Trinajstić information content (AvgIpc) is 3.31. The molecule has 11 atom stereocenters. The summed E-state index contributed by atoms with van der Waals surface area (Å²) in [6, 6.07) is 0. The molecule has 2 fully saturated rings. The Morgan fingerprint density at radius 1 is 0.485 bits per heavy atom. The van der Waals surface area contributed by atoms with Crippen LogP contribution in [0.2, 0.25) is 0 Å². The van der Waals surface area contributed by atoms with Gasteiger partial charge in [-0.05, 0) is 57.8 Å². The van der Waals surface area contributed by atoms with Crippen LogP contribution in [0.3, 0.4) is 0 Å². The second-order valence-corrected chi connectivity index (χ2v) is 18.7. The lowest BCUT2D eigenvalue weighted by molar-refractivity contribution is -0.332. The summed E-state index contributed by atoms with van der Waals surface area (Å²) >= 11 is 0. The fraction of sp³-hybridized carbons (Fsp3) is 0.904. The number of hydrogen-bond donors (Lipinski definition) is 7. The molecule has 0 saturated carbocycles. The summed E-state index contributed by atoms with van der Waals surface area (Å²) in [5, 5.41) is 72.1. The number of carbonyl (C=O) groups excluding carboxylic acids is 1. The monoisotopic (exact) mass is 945 g/mol. The molecule has 2 saturated heterocycles. The summed E-state index contributed by atoms with van der Waals surface area (Å²) in [4.78, 5) is 13.0. The summed E-state index contributed by atoms with van der Waals surface area (Å²) in [6.07, 6.45) is 26.8. The predicted molar refractivity (Wildman–Crippen MR) is 257 cm³/mol. The molecule has 2 aliphatic heterocycles. The van der Waals surface area contributed by atoms with Gasteiger partial charge in [-0.25, -0.2) is 0 Å². The maximum Gasteiger partial charge on any atom is 0.306 e. The van der Waals surface area contributed by atoms with Crippen LogP contribution < -0.4 is 0 Å². The number of esters is 1. The van der Waals surface area contributed by atoms with E-state index in [0.717, 1.165) is 51.4 Å². The molecule has 14 heteroatoms. The summed E-state index contributed by atoms with van der Waals surface area (Å²) in [5.41, 5.74) is 0. The Morgan fingerprint density at radius 2 is 0.924 bits per heavy atom. The number of carbonyl (C=O) groups is 1. The van der Waals surface area contributed by atoms with Gasteiger partial charge >= 0.3 is 5.97 Å². The first-order valence-corrected chi connectivity index (χ1v) is 26.4. The number of aliphatic hydroxyl groups is 7. The molecule has 11 unspecified atom stereocenters. The van der Waals surface area contributed by atoms with Gasteiger partial charge in [-0.2, -0.15) is 0 Å². The Bertz CT molecular complexity index is 1190. The molecule has 14 nitrogen and oxygen atoms in total. The molecule has 0 aromatic rings. The number of aliphatic hydroxyl groups excluding tert-OH is 7. The molecule has 0 amide bonds. The Balaban J connectivity index is 1.72. The Morgan fingerprint density at radius 3 is 1.44 bits per heavy atom. The third kappa shape index (κ3) is 27.6. The summed E-state index contributed by atoms with van der Waals surface area (Å²) in [5.74, 6) is -0.380. The highest BCUT2D eigenvalue weighted by Crippen LogP contribution is 2.26. The van der Waals surface area contributed by atoms with Gasteiger partial charge in [0.05, 0.1) is 26.4 Å². The first-order chi connectivity index (χ1) is 32.1. The van der Waals surface area contributed by atoms with E-state index in [-0.39, 0.29) is 25.6 Å². The van der Waals surface area contributed by atoms with Crippen molar-refractivity contribution in [1.29, 1.82) is 0 Å². The van der Waals surface area contributed by atoms with Crippen LogP contribution in [-0.2, 0) is 33.2 Å². The van der Waals surface area contributed by atoms with Gasteiger partial charge in [0.1, 0.15) is 54.9 Å². The van der Waals surface area contributed by atoms with Crippen LogP contribution in [-0.4, -0.2) is 142 Å². The van der Waals surface area contributed by atoms with Crippen LogP contribution in [0.15, 0.2) is 24.3 Å². The zero-order valence-corrected chi connectivity index (χ0v) is 41.2. The standard InChI is InChI=1S/C52H96O14/c1-3-5-7-9-11-13-15-16-17-18-19-20-21-22-23-24-25-27-29-31-33-35-44(54)64-41(38-61-36-34-32-30-28-26-14-12-10-8-6-4-2)39-62-51-50(60)48(58)46(56)43(66-51)40-63-52-49(59)47(57)45(55)42(37-53)65-52/h8,10,18-19,41-43,45-53,55-60H,3-7,9,11-17,20-40H2,1-2H3/b10-8-,19-18-. The van der Waals surface area contributed by atoms with Crippen LogP contribution in [0.1, 0.15) is 200 Å². The SMILES string of the molecule is CCC/C=C\CCCCCCCCOCC(COC1OC(COC2OC(CO)C(O)C(O)C2O)C(O)C(O)C1O)OC(=O)CCCCCCCCCCC/C=C\CCCCCCCCCC. The maximum absolute atomic E-state index is 13.0. The highest BCUT2D eigenvalue weighted by Gasteiger charge is 2.47. The van der Waals surface area contributed by atoms with Crippen molar-refractivity contribution in [3.63, 3.8) is 0 Å². The molecule has 2 heterocycles. The minimum absolute atomic E-state index is 0.0586. The van der Waals surface area contributed by atoms with E-state index in [1.54, 1.807) is 0 Å². The number of unbranched alkanes of at least 4 members (excludes halogenated alkanes) is 24. The van der Waals surface area contributed by atoms with E-state index < -0.39 is 80.7 Å². The minimum atomic E-state index is -1.71. The van der Waals surface area contributed by atoms with Gasteiger partial charge < -0.3 is 64.2 Å². The lowest BCUT2D eigenvalue weighted by Crippen LogP contribution is -2.61. The van der Waals surface area contributed by atoms with Gasteiger partial charge in [-0.15, -0.1) is 0 Å². The molecule has 7 N–H and O–H groups in total. The Hall–Kier alpha value is -1.53. The zero-order chi connectivity index (χ0) is 48.0. The van der Waals surface area contributed by atoms with Crippen molar-refractivity contribution in [1.82, 2.24) is 0 Å². The van der Waals surface area contributed by atoms with Crippen molar-refractivity contribution < 1.29 is 69.0 Å². The Labute approximate surface area is 398 Å². The molecule has 0 aliphatic carbocycles. The first kappa shape index (κ1) is 60.6. The topological polar surface area (TPSA) is 214 Å². The maximum atomic E-state index is 13.0. The van der Waals surface area contributed by atoms with E-state index in [4.69, 9.17) is 28.4 Å². The van der Waals surface area contributed by atoms with Gasteiger partial charge in [0.25, 0.3) is 0 Å². The van der Waals surface area contributed by atoms with Crippen LogP contribution in [0, 0.1) is 0 Å².